The number of carboxylic acids is 1. The second-order valence-corrected chi connectivity index (χ2v) is 10.0. The van der Waals surface area contributed by atoms with Crippen molar-refractivity contribution in [2.24, 2.45) is 0 Å². The number of carbonyl (C=O) groups is 2. The van der Waals surface area contributed by atoms with Crippen LogP contribution in [0.5, 0.6) is 0 Å². The number of aromatic amines is 1. The number of rotatable bonds is 9. The molecule has 0 atom stereocenters. The lowest BCUT2D eigenvalue weighted by Crippen LogP contribution is -2.57. The quantitative estimate of drug-likeness (QED) is 0.308. The molecule has 0 unspecified atom stereocenters. The van der Waals surface area contributed by atoms with E-state index in [0.717, 1.165) is 65.4 Å². The lowest BCUT2D eigenvalue weighted by Gasteiger charge is -2.43. The number of fused-ring (bicyclic) bond motifs is 1. The molecule has 5 rings (SSSR count). The van der Waals surface area contributed by atoms with Crippen molar-refractivity contribution in [2.75, 3.05) is 0 Å². The van der Waals surface area contributed by atoms with E-state index in [2.05, 4.69) is 20.6 Å². The van der Waals surface area contributed by atoms with Gasteiger partial charge in [-0.15, -0.1) is 10.2 Å². The highest BCUT2D eigenvalue weighted by atomic mass is 16.4. The molecule has 1 aliphatic rings. The van der Waals surface area contributed by atoms with Crippen molar-refractivity contribution in [2.45, 2.75) is 70.4 Å². The Labute approximate surface area is 221 Å². The Kier molecular flexibility index (Phi) is 7.44. The average molecular weight is 513 g/mol. The third kappa shape index (κ3) is 5.14. The molecule has 1 amide bonds. The Bertz CT molecular complexity index is 1410. The number of aromatic nitrogens is 5. The first-order valence-electron chi connectivity index (χ1n) is 13.3. The van der Waals surface area contributed by atoms with Gasteiger partial charge in [-0.05, 0) is 48.2 Å². The van der Waals surface area contributed by atoms with Crippen molar-refractivity contribution in [3.8, 4) is 22.6 Å². The van der Waals surface area contributed by atoms with E-state index in [0.29, 0.717) is 25.1 Å². The number of amides is 1. The van der Waals surface area contributed by atoms with Gasteiger partial charge in [0.1, 0.15) is 5.54 Å². The summed E-state index contributed by atoms with van der Waals surface area (Å²) in [5, 5.41) is 25.3. The van der Waals surface area contributed by atoms with Gasteiger partial charge in [-0.1, -0.05) is 69.0 Å². The van der Waals surface area contributed by atoms with E-state index >= 15 is 0 Å². The molecule has 1 fully saturated rings. The van der Waals surface area contributed by atoms with E-state index < -0.39 is 11.5 Å². The summed E-state index contributed by atoms with van der Waals surface area (Å²) in [5.41, 5.74) is 3.29. The maximum atomic E-state index is 13.3. The van der Waals surface area contributed by atoms with Crippen LogP contribution in [0.4, 0.5) is 0 Å². The molecule has 0 radical (unpaired) electrons. The number of hydrogen-bond acceptors (Lipinski definition) is 6. The monoisotopic (exact) mass is 512 g/mol. The Hall–Kier alpha value is -4.14. The predicted molar refractivity (Wildman–Crippen MR) is 144 cm³/mol. The Morgan fingerprint density at radius 3 is 2.45 bits per heavy atom. The van der Waals surface area contributed by atoms with E-state index in [-0.39, 0.29) is 12.5 Å². The highest BCUT2D eigenvalue weighted by Crippen LogP contribution is 2.36. The summed E-state index contributed by atoms with van der Waals surface area (Å²) in [4.78, 5) is 32.4. The highest BCUT2D eigenvalue weighted by molar-refractivity contribution is 5.88. The molecule has 38 heavy (non-hydrogen) atoms. The predicted octanol–water partition coefficient (Wildman–Crippen LogP) is 5.39. The van der Waals surface area contributed by atoms with Gasteiger partial charge in [-0.25, -0.2) is 9.78 Å². The van der Waals surface area contributed by atoms with E-state index in [1.165, 1.54) is 0 Å². The number of carboxylic acid groups (broad SMARTS) is 1. The zero-order chi connectivity index (χ0) is 26.5. The molecule has 2 heterocycles. The first-order chi connectivity index (χ1) is 18.5. The molecule has 0 saturated heterocycles. The molecule has 2 N–H and O–H groups in total. The third-order valence-corrected chi connectivity index (χ3v) is 7.52. The molecule has 1 saturated carbocycles. The van der Waals surface area contributed by atoms with E-state index in [9.17, 15) is 14.7 Å². The fourth-order valence-corrected chi connectivity index (χ4v) is 5.37. The lowest BCUT2D eigenvalue weighted by atomic mass is 9.79. The van der Waals surface area contributed by atoms with Crippen molar-refractivity contribution in [1.29, 1.82) is 0 Å². The molecule has 196 valence electrons. The SMILES string of the molecule is CCCCC(=O)N(Cc1ccc2nc(-c3ccc(-c4nn[nH]n4)cc3)ccc2c1)C1(C(=O)O)CCCCC1. The summed E-state index contributed by atoms with van der Waals surface area (Å²) in [6.07, 6.45) is 5.68. The molecular formula is C29H32N6O3. The van der Waals surface area contributed by atoms with Crippen LogP contribution in [0.2, 0.25) is 0 Å². The van der Waals surface area contributed by atoms with Crippen LogP contribution in [0, 0.1) is 0 Å². The Balaban J connectivity index is 1.41. The van der Waals surface area contributed by atoms with Crippen LogP contribution in [0.25, 0.3) is 33.5 Å². The number of hydrogen-bond donors (Lipinski definition) is 2. The van der Waals surface area contributed by atoms with Crippen molar-refractivity contribution in [3.63, 3.8) is 0 Å². The molecule has 9 nitrogen and oxygen atoms in total. The summed E-state index contributed by atoms with van der Waals surface area (Å²) < 4.78 is 0. The fourth-order valence-electron chi connectivity index (χ4n) is 5.37. The van der Waals surface area contributed by atoms with Gasteiger partial charge in [0.05, 0.1) is 11.2 Å². The van der Waals surface area contributed by atoms with Crippen LogP contribution < -0.4 is 0 Å². The van der Waals surface area contributed by atoms with Gasteiger partial charge in [-0.3, -0.25) is 4.79 Å². The van der Waals surface area contributed by atoms with Crippen molar-refractivity contribution >= 4 is 22.8 Å². The first kappa shape index (κ1) is 25.5. The molecule has 4 aromatic rings. The van der Waals surface area contributed by atoms with Crippen LogP contribution in [-0.2, 0) is 16.1 Å². The van der Waals surface area contributed by atoms with Crippen LogP contribution in [0.3, 0.4) is 0 Å². The van der Waals surface area contributed by atoms with Gasteiger partial charge < -0.3 is 10.0 Å². The number of pyridine rings is 1. The first-order valence-corrected chi connectivity index (χ1v) is 13.3. The average Bonchev–Trinajstić information content (AvgIpc) is 3.50. The van der Waals surface area contributed by atoms with Crippen LogP contribution in [0.1, 0.15) is 63.9 Å². The number of aliphatic carboxylic acids is 1. The Morgan fingerprint density at radius 2 is 1.76 bits per heavy atom. The van der Waals surface area contributed by atoms with Gasteiger partial charge in [-0.2, -0.15) is 5.21 Å². The maximum Gasteiger partial charge on any atom is 0.329 e. The summed E-state index contributed by atoms with van der Waals surface area (Å²) in [6.45, 7) is 2.32. The van der Waals surface area contributed by atoms with Crippen LogP contribution >= 0.6 is 0 Å². The van der Waals surface area contributed by atoms with Gasteiger partial charge in [0.2, 0.25) is 11.7 Å². The van der Waals surface area contributed by atoms with E-state index in [4.69, 9.17) is 4.98 Å². The number of tetrazole rings is 1. The maximum absolute atomic E-state index is 13.3. The lowest BCUT2D eigenvalue weighted by molar-refractivity contribution is -0.163. The molecule has 2 aromatic heterocycles. The van der Waals surface area contributed by atoms with Crippen LogP contribution in [-0.4, -0.2) is 53.0 Å². The summed E-state index contributed by atoms with van der Waals surface area (Å²) >= 11 is 0. The van der Waals surface area contributed by atoms with Crippen molar-refractivity contribution in [1.82, 2.24) is 30.5 Å². The van der Waals surface area contributed by atoms with Crippen LogP contribution in [0.15, 0.2) is 54.6 Å². The standard InChI is InChI=1S/C29H32N6O3/c1-2-3-7-26(36)35(29(28(37)38)16-5-4-6-17-29)19-20-8-14-25-23(18-20)13-15-24(30-25)21-9-11-22(12-10-21)27-31-33-34-32-27/h8-15,18H,2-7,16-17,19H2,1H3,(H,37,38)(H,31,32,33,34). The molecule has 1 aliphatic carbocycles. The fraction of sp³-hybridized carbons (Fsp3) is 0.379. The zero-order valence-corrected chi connectivity index (χ0v) is 21.6. The van der Waals surface area contributed by atoms with Crippen molar-refractivity contribution in [3.05, 3.63) is 60.2 Å². The normalized spacial score (nSPS) is 14.9. The molecular weight excluding hydrogens is 480 g/mol. The van der Waals surface area contributed by atoms with E-state index in [1.54, 1.807) is 4.90 Å². The van der Waals surface area contributed by atoms with Gasteiger partial charge >= 0.3 is 5.97 Å². The molecule has 9 heteroatoms. The number of H-pyrrole nitrogens is 1. The number of benzene rings is 2. The second kappa shape index (κ2) is 11.1. The second-order valence-electron chi connectivity index (χ2n) is 10.0. The van der Waals surface area contributed by atoms with Gasteiger partial charge in [0.15, 0.2) is 0 Å². The van der Waals surface area contributed by atoms with Gasteiger partial charge in [0.25, 0.3) is 0 Å². The zero-order valence-electron chi connectivity index (χ0n) is 21.6. The number of carbonyl (C=O) groups excluding carboxylic acids is 1. The minimum Gasteiger partial charge on any atom is -0.479 e. The van der Waals surface area contributed by atoms with Gasteiger partial charge in [0, 0.05) is 29.5 Å². The number of unbranched alkanes of at least 4 members (excludes halogenated alkanes) is 1. The minimum atomic E-state index is -1.13. The summed E-state index contributed by atoms with van der Waals surface area (Å²) in [7, 11) is 0. The topological polar surface area (TPSA) is 125 Å². The Morgan fingerprint density at radius 1 is 1.00 bits per heavy atom. The molecule has 2 aromatic carbocycles. The summed E-state index contributed by atoms with van der Waals surface area (Å²) in [6, 6.07) is 17.7. The smallest absolute Gasteiger partial charge is 0.329 e. The summed E-state index contributed by atoms with van der Waals surface area (Å²) in [5.74, 6) is -0.427. The number of nitrogens with one attached hydrogen (secondary N) is 1. The molecule has 0 aliphatic heterocycles. The highest BCUT2D eigenvalue weighted by Gasteiger charge is 2.46. The van der Waals surface area contributed by atoms with E-state index in [1.807, 2.05) is 61.5 Å². The number of nitrogens with zero attached hydrogens (tertiary/aromatic N) is 5. The minimum absolute atomic E-state index is 0.0750. The molecule has 0 bridgehead atoms. The largest absolute Gasteiger partial charge is 0.479 e. The van der Waals surface area contributed by atoms with Crippen molar-refractivity contribution < 1.29 is 14.7 Å². The molecule has 0 spiro atoms. The third-order valence-electron chi connectivity index (χ3n) is 7.52.